The highest BCUT2D eigenvalue weighted by atomic mass is 16.5. The van der Waals surface area contributed by atoms with Crippen molar-refractivity contribution in [3.05, 3.63) is 6.33 Å². The molecule has 116 valence electrons. The molecule has 1 aliphatic heterocycles. The van der Waals surface area contributed by atoms with Gasteiger partial charge in [0.1, 0.15) is 12.4 Å². The summed E-state index contributed by atoms with van der Waals surface area (Å²) < 4.78 is 5.48. The average molecular weight is 293 g/mol. The van der Waals surface area contributed by atoms with Crippen LogP contribution in [0.2, 0.25) is 0 Å². The predicted octanol–water partition coefficient (Wildman–Crippen LogP) is 1.02. The van der Waals surface area contributed by atoms with E-state index in [9.17, 15) is 4.79 Å². The summed E-state index contributed by atoms with van der Waals surface area (Å²) in [5, 5.41) is 5.89. The van der Waals surface area contributed by atoms with Gasteiger partial charge in [-0.15, -0.1) is 0 Å². The zero-order valence-electron chi connectivity index (χ0n) is 12.8. The predicted molar refractivity (Wildman–Crippen MR) is 81.8 cm³/mol. The number of nitrogens with zero attached hydrogens (tertiary/aromatic N) is 3. The van der Waals surface area contributed by atoms with Crippen LogP contribution in [0, 0.1) is 0 Å². The first kappa shape index (κ1) is 15.3. The molecule has 0 saturated carbocycles. The van der Waals surface area contributed by atoms with Crippen LogP contribution in [0.1, 0.15) is 26.2 Å². The number of hydrogen-bond donors (Lipinski definition) is 2. The third kappa shape index (κ3) is 3.17. The number of hydrogen-bond acceptors (Lipinski definition) is 6. The molecule has 1 aliphatic rings. The Morgan fingerprint density at radius 3 is 2.95 bits per heavy atom. The van der Waals surface area contributed by atoms with Gasteiger partial charge in [0.15, 0.2) is 11.6 Å². The zero-order chi connectivity index (χ0) is 15.2. The van der Waals surface area contributed by atoms with Crippen LogP contribution in [0.5, 0.6) is 5.75 Å². The number of amides is 1. The fourth-order valence-corrected chi connectivity index (χ4v) is 2.67. The van der Waals surface area contributed by atoms with E-state index < -0.39 is 0 Å². The van der Waals surface area contributed by atoms with Gasteiger partial charge >= 0.3 is 0 Å². The highest BCUT2D eigenvalue weighted by Gasteiger charge is 2.31. The number of likely N-dealkylation sites (N-methyl/N-ethyl adjacent to an activating group) is 1. The van der Waals surface area contributed by atoms with Gasteiger partial charge in [-0.1, -0.05) is 0 Å². The minimum Gasteiger partial charge on any atom is -0.490 e. The third-order valence-electron chi connectivity index (χ3n) is 3.66. The zero-order valence-corrected chi connectivity index (χ0v) is 12.8. The van der Waals surface area contributed by atoms with Crippen LogP contribution in [0.15, 0.2) is 6.33 Å². The van der Waals surface area contributed by atoms with Crippen molar-refractivity contribution >= 4 is 17.5 Å². The maximum absolute atomic E-state index is 12.1. The highest BCUT2D eigenvalue weighted by molar-refractivity contribution is 5.85. The maximum atomic E-state index is 12.1. The lowest BCUT2D eigenvalue weighted by Crippen LogP contribution is -2.49. The number of methoxy groups -OCH3 is 1. The van der Waals surface area contributed by atoms with Crippen molar-refractivity contribution in [2.75, 3.05) is 37.5 Å². The largest absolute Gasteiger partial charge is 0.490 e. The van der Waals surface area contributed by atoms with Crippen molar-refractivity contribution in [1.29, 1.82) is 0 Å². The Bertz CT molecular complexity index is 494. The second kappa shape index (κ2) is 7.10. The summed E-state index contributed by atoms with van der Waals surface area (Å²) >= 11 is 0. The highest BCUT2D eigenvalue weighted by Crippen LogP contribution is 2.35. The van der Waals surface area contributed by atoms with Crippen LogP contribution in [-0.4, -0.2) is 49.2 Å². The van der Waals surface area contributed by atoms with E-state index >= 15 is 0 Å². The molecule has 1 fully saturated rings. The normalized spacial score (nSPS) is 18.2. The Morgan fingerprint density at radius 1 is 1.48 bits per heavy atom. The minimum absolute atomic E-state index is 0.0142. The fourth-order valence-electron chi connectivity index (χ4n) is 2.67. The third-order valence-corrected chi connectivity index (χ3v) is 3.66. The molecule has 1 amide bonds. The molecule has 0 radical (unpaired) electrons. The van der Waals surface area contributed by atoms with Gasteiger partial charge in [0, 0.05) is 20.1 Å². The van der Waals surface area contributed by atoms with Crippen molar-refractivity contribution in [1.82, 2.24) is 15.3 Å². The van der Waals surface area contributed by atoms with E-state index in [-0.39, 0.29) is 11.9 Å². The van der Waals surface area contributed by atoms with Gasteiger partial charge in [0.2, 0.25) is 11.7 Å². The Hall–Kier alpha value is -2.05. The van der Waals surface area contributed by atoms with Gasteiger partial charge in [0.05, 0.1) is 7.11 Å². The lowest BCUT2D eigenvalue weighted by Gasteiger charge is -2.36. The monoisotopic (exact) mass is 293 g/mol. The van der Waals surface area contributed by atoms with E-state index in [1.54, 1.807) is 14.2 Å². The Kier molecular flexibility index (Phi) is 5.19. The van der Waals surface area contributed by atoms with Crippen LogP contribution < -0.4 is 20.3 Å². The molecule has 1 aromatic rings. The Morgan fingerprint density at radius 2 is 2.29 bits per heavy atom. The first-order valence-corrected chi connectivity index (χ1v) is 7.34. The van der Waals surface area contributed by atoms with Gasteiger partial charge in [-0.05, 0) is 26.2 Å². The van der Waals surface area contributed by atoms with Gasteiger partial charge in [-0.2, -0.15) is 0 Å². The summed E-state index contributed by atoms with van der Waals surface area (Å²) in [7, 11) is 3.26. The van der Waals surface area contributed by atoms with E-state index in [0.717, 1.165) is 32.4 Å². The Balaban J connectivity index is 2.38. The average Bonchev–Trinajstić information content (AvgIpc) is 2.54. The molecule has 0 bridgehead atoms. The molecule has 0 aromatic carbocycles. The summed E-state index contributed by atoms with van der Waals surface area (Å²) in [6.07, 6.45) is 4.41. The van der Waals surface area contributed by atoms with Gasteiger partial charge in [-0.25, -0.2) is 9.97 Å². The van der Waals surface area contributed by atoms with E-state index in [1.807, 2.05) is 11.8 Å². The molecule has 1 saturated heterocycles. The Labute approximate surface area is 125 Å². The molecule has 1 unspecified atom stereocenters. The molecule has 7 heteroatoms. The van der Waals surface area contributed by atoms with Crippen LogP contribution in [0.25, 0.3) is 0 Å². The van der Waals surface area contributed by atoms with Gasteiger partial charge < -0.3 is 20.3 Å². The molecule has 2 rings (SSSR count). The fraction of sp³-hybridized carbons (Fsp3) is 0.643. The summed E-state index contributed by atoms with van der Waals surface area (Å²) in [5.74, 6) is 1.94. The molecule has 0 aliphatic carbocycles. The molecule has 1 atom stereocenters. The summed E-state index contributed by atoms with van der Waals surface area (Å²) in [6, 6.07) is -0.206. The number of rotatable bonds is 5. The smallest absolute Gasteiger partial charge is 0.242 e. The summed E-state index contributed by atoms with van der Waals surface area (Å²) in [6.45, 7) is 3.53. The van der Waals surface area contributed by atoms with Crippen LogP contribution in [0.4, 0.5) is 11.6 Å². The first-order valence-electron chi connectivity index (χ1n) is 7.34. The number of anilines is 2. The molecule has 2 heterocycles. The van der Waals surface area contributed by atoms with Crippen molar-refractivity contribution in [2.24, 2.45) is 0 Å². The molecular weight excluding hydrogens is 270 g/mol. The summed E-state index contributed by atoms with van der Waals surface area (Å²) in [4.78, 5) is 22.7. The number of ether oxygens (including phenoxy) is 1. The minimum atomic E-state index is -0.206. The van der Waals surface area contributed by atoms with Crippen molar-refractivity contribution in [3.63, 3.8) is 0 Å². The van der Waals surface area contributed by atoms with Crippen LogP contribution >= 0.6 is 0 Å². The standard InChI is InChI=1S/C14H23N5O2/c1-4-16-12-11(21-3)13(18-9-17-12)19-8-6-5-7-10(19)14(20)15-2/h9-10H,4-8H2,1-3H3,(H,15,20)(H,16,17,18). The van der Waals surface area contributed by atoms with Gasteiger partial charge in [-0.3, -0.25) is 4.79 Å². The quantitative estimate of drug-likeness (QED) is 0.844. The SMILES string of the molecule is CCNc1ncnc(N2CCCCC2C(=O)NC)c1OC. The van der Waals surface area contributed by atoms with Gasteiger partial charge in [0.25, 0.3) is 0 Å². The number of carbonyl (C=O) groups is 1. The maximum Gasteiger partial charge on any atom is 0.242 e. The number of nitrogens with one attached hydrogen (secondary N) is 2. The number of carbonyl (C=O) groups excluding carboxylic acids is 1. The molecule has 1 aromatic heterocycles. The van der Waals surface area contributed by atoms with E-state index in [2.05, 4.69) is 20.6 Å². The van der Waals surface area contributed by atoms with E-state index in [0.29, 0.717) is 17.4 Å². The molecule has 7 nitrogen and oxygen atoms in total. The van der Waals surface area contributed by atoms with E-state index in [4.69, 9.17) is 4.74 Å². The number of aromatic nitrogens is 2. The second-order valence-corrected chi connectivity index (χ2v) is 4.93. The second-order valence-electron chi connectivity index (χ2n) is 4.93. The molecule has 21 heavy (non-hydrogen) atoms. The van der Waals surface area contributed by atoms with Crippen molar-refractivity contribution in [2.45, 2.75) is 32.2 Å². The topological polar surface area (TPSA) is 79.4 Å². The molecular formula is C14H23N5O2. The number of piperidine rings is 1. The first-order chi connectivity index (χ1) is 10.2. The lowest BCUT2D eigenvalue weighted by molar-refractivity contribution is -0.122. The van der Waals surface area contributed by atoms with Crippen LogP contribution in [0.3, 0.4) is 0 Å². The lowest BCUT2D eigenvalue weighted by atomic mass is 10.0. The molecule has 2 N–H and O–H groups in total. The summed E-state index contributed by atoms with van der Waals surface area (Å²) in [5.41, 5.74) is 0. The van der Waals surface area contributed by atoms with E-state index in [1.165, 1.54) is 6.33 Å². The van der Waals surface area contributed by atoms with Crippen LogP contribution in [-0.2, 0) is 4.79 Å². The van der Waals surface area contributed by atoms with Crippen molar-refractivity contribution in [3.8, 4) is 5.75 Å². The molecule has 0 spiro atoms. The van der Waals surface area contributed by atoms with Crippen molar-refractivity contribution < 1.29 is 9.53 Å².